The first-order chi connectivity index (χ1) is 15.2. The molecule has 0 N–H and O–H groups in total. The highest BCUT2D eigenvalue weighted by Crippen LogP contribution is 2.34. The fourth-order valence-corrected chi connectivity index (χ4v) is 4.61. The Morgan fingerprint density at radius 2 is 1.77 bits per heavy atom. The third-order valence-electron chi connectivity index (χ3n) is 4.52. The lowest BCUT2D eigenvalue weighted by atomic mass is 10.2. The van der Waals surface area contributed by atoms with Gasteiger partial charge in [-0.05, 0) is 46.3 Å². The van der Waals surface area contributed by atoms with Crippen LogP contribution in [0.1, 0.15) is 11.3 Å². The Kier molecular flexibility index (Phi) is 6.68. The van der Waals surface area contributed by atoms with Crippen molar-refractivity contribution in [3.05, 3.63) is 59.1 Å². The van der Waals surface area contributed by atoms with Crippen molar-refractivity contribution in [1.29, 1.82) is 0 Å². The minimum absolute atomic E-state index is 0.591. The fraction of sp³-hybridized carbons (Fsp3) is 0.238. The third-order valence-corrected chi connectivity index (χ3v) is 6.45. The van der Waals surface area contributed by atoms with Gasteiger partial charge in [-0.25, -0.2) is 9.67 Å². The first-order valence-electron chi connectivity index (χ1n) is 9.39. The second-order valence-electron chi connectivity index (χ2n) is 6.47. The number of aromatic nitrogens is 5. The standard InChI is InChI=1S/C21H21N5O3S2/c1-27-17-7-4-14(5-8-17)11-26-21(23-24-25-26)31-13-16-12-30-20(22-16)15-6-9-18(28-2)19(10-15)29-3/h4-10,12H,11,13H2,1-3H3. The van der Waals surface area contributed by atoms with Gasteiger partial charge in [0.2, 0.25) is 5.16 Å². The lowest BCUT2D eigenvalue weighted by Crippen LogP contribution is -2.04. The minimum Gasteiger partial charge on any atom is -0.497 e. The van der Waals surface area contributed by atoms with Crippen LogP contribution >= 0.6 is 23.1 Å². The van der Waals surface area contributed by atoms with Crippen molar-refractivity contribution in [2.24, 2.45) is 0 Å². The van der Waals surface area contributed by atoms with Crippen molar-refractivity contribution < 1.29 is 14.2 Å². The molecule has 0 aliphatic rings. The summed E-state index contributed by atoms with van der Waals surface area (Å²) < 4.78 is 17.7. The van der Waals surface area contributed by atoms with E-state index in [1.165, 1.54) is 0 Å². The summed E-state index contributed by atoms with van der Waals surface area (Å²) in [6.45, 7) is 0.591. The Bertz CT molecular complexity index is 1140. The summed E-state index contributed by atoms with van der Waals surface area (Å²) >= 11 is 3.15. The number of thiazole rings is 1. The Labute approximate surface area is 188 Å². The van der Waals surface area contributed by atoms with E-state index in [1.807, 2.05) is 42.5 Å². The van der Waals surface area contributed by atoms with Crippen LogP contribution in [0.15, 0.2) is 53.0 Å². The molecule has 0 atom stereocenters. The number of methoxy groups -OCH3 is 3. The van der Waals surface area contributed by atoms with E-state index in [9.17, 15) is 0 Å². The summed E-state index contributed by atoms with van der Waals surface area (Å²) in [5, 5.41) is 15.8. The molecule has 0 saturated heterocycles. The van der Waals surface area contributed by atoms with Crippen molar-refractivity contribution in [2.45, 2.75) is 17.5 Å². The molecule has 0 unspecified atom stereocenters. The van der Waals surface area contributed by atoms with Gasteiger partial charge in [-0.1, -0.05) is 23.9 Å². The highest BCUT2D eigenvalue weighted by Gasteiger charge is 2.12. The van der Waals surface area contributed by atoms with Crippen LogP contribution in [-0.2, 0) is 12.3 Å². The lowest BCUT2D eigenvalue weighted by molar-refractivity contribution is 0.355. The summed E-state index contributed by atoms with van der Waals surface area (Å²) in [6.07, 6.45) is 0. The number of ether oxygens (including phenoxy) is 3. The van der Waals surface area contributed by atoms with Gasteiger partial charge in [0.05, 0.1) is 33.6 Å². The largest absolute Gasteiger partial charge is 0.497 e. The maximum atomic E-state index is 5.39. The van der Waals surface area contributed by atoms with Crippen LogP contribution in [0.4, 0.5) is 0 Å². The number of benzene rings is 2. The van der Waals surface area contributed by atoms with Crippen molar-refractivity contribution in [1.82, 2.24) is 25.2 Å². The molecule has 8 nitrogen and oxygen atoms in total. The van der Waals surface area contributed by atoms with E-state index in [2.05, 4.69) is 20.9 Å². The van der Waals surface area contributed by atoms with Gasteiger partial charge in [0.25, 0.3) is 0 Å². The van der Waals surface area contributed by atoms with Crippen LogP contribution in [-0.4, -0.2) is 46.5 Å². The molecule has 0 amide bonds. The summed E-state index contributed by atoms with van der Waals surface area (Å²) in [7, 11) is 4.90. The SMILES string of the molecule is COc1ccc(Cn2nnnc2SCc2csc(-c3ccc(OC)c(OC)c3)n2)cc1. The molecule has 0 fully saturated rings. The van der Waals surface area contributed by atoms with E-state index in [-0.39, 0.29) is 0 Å². The van der Waals surface area contributed by atoms with Crippen LogP contribution < -0.4 is 14.2 Å². The Morgan fingerprint density at radius 1 is 0.968 bits per heavy atom. The Hall–Kier alpha value is -3.11. The van der Waals surface area contributed by atoms with E-state index in [1.54, 1.807) is 49.1 Å². The first kappa shape index (κ1) is 21.1. The molecule has 0 bridgehead atoms. The van der Waals surface area contributed by atoms with E-state index in [0.29, 0.717) is 23.8 Å². The van der Waals surface area contributed by atoms with Crippen molar-refractivity contribution in [3.8, 4) is 27.8 Å². The van der Waals surface area contributed by atoms with Crippen LogP contribution in [0.2, 0.25) is 0 Å². The number of rotatable bonds is 9. The Balaban J connectivity index is 1.42. The van der Waals surface area contributed by atoms with Gasteiger partial charge in [-0.2, -0.15) is 0 Å². The molecule has 10 heteroatoms. The van der Waals surface area contributed by atoms with Gasteiger partial charge in [0, 0.05) is 16.7 Å². The maximum Gasteiger partial charge on any atom is 0.210 e. The van der Waals surface area contributed by atoms with E-state index < -0.39 is 0 Å². The van der Waals surface area contributed by atoms with Crippen LogP contribution in [0, 0.1) is 0 Å². The summed E-state index contributed by atoms with van der Waals surface area (Å²) in [4.78, 5) is 4.75. The molecule has 4 aromatic rings. The van der Waals surface area contributed by atoms with Crippen LogP contribution in [0.5, 0.6) is 17.2 Å². The van der Waals surface area contributed by atoms with E-state index >= 15 is 0 Å². The average molecular weight is 456 g/mol. The zero-order valence-corrected chi connectivity index (χ0v) is 18.9. The molecule has 2 aromatic heterocycles. The van der Waals surface area contributed by atoms with Crippen LogP contribution in [0.25, 0.3) is 10.6 Å². The summed E-state index contributed by atoms with van der Waals surface area (Å²) in [6, 6.07) is 13.7. The topological polar surface area (TPSA) is 84.2 Å². The van der Waals surface area contributed by atoms with Crippen molar-refractivity contribution >= 4 is 23.1 Å². The van der Waals surface area contributed by atoms with Crippen molar-refractivity contribution in [3.63, 3.8) is 0 Å². The molecule has 0 saturated carbocycles. The quantitative estimate of drug-likeness (QED) is 0.348. The molecular formula is C21H21N5O3S2. The predicted octanol–water partition coefficient (Wildman–Crippen LogP) is 4.16. The summed E-state index contributed by atoms with van der Waals surface area (Å²) in [5.41, 5.74) is 3.06. The second-order valence-corrected chi connectivity index (χ2v) is 8.27. The second kappa shape index (κ2) is 9.80. The monoisotopic (exact) mass is 455 g/mol. The number of tetrazole rings is 1. The molecule has 2 heterocycles. The minimum atomic E-state index is 0.591. The normalized spacial score (nSPS) is 10.8. The maximum absolute atomic E-state index is 5.39. The molecule has 0 spiro atoms. The highest BCUT2D eigenvalue weighted by molar-refractivity contribution is 7.98. The fourth-order valence-electron chi connectivity index (χ4n) is 2.92. The molecule has 0 radical (unpaired) electrons. The smallest absolute Gasteiger partial charge is 0.210 e. The molecule has 2 aromatic carbocycles. The lowest BCUT2D eigenvalue weighted by Gasteiger charge is -2.08. The first-order valence-corrected chi connectivity index (χ1v) is 11.3. The molecule has 0 aliphatic heterocycles. The van der Waals surface area contributed by atoms with Crippen molar-refractivity contribution in [2.75, 3.05) is 21.3 Å². The van der Waals surface area contributed by atoms with Gasteiger partial charge >= 0.3 is 0 Å². The van der Waals surface area contributed by atoms with Gasteiger partial charge in [0.1, 0.15) is 10.8 Å². The van der Waals surface area contributed by atoms with E-state index in [0.717, 1.165) is 32.7 Å². The summed E-state index contributed by atoms with van der Waals surface area (Å²) in [5.74, 6) is 2.88. The Morgan fingerprint density at radius 3 is 2.52 bits per heavy atom. The predicted molar refractivity (Wildman–Crippen MR) is 120 cm³/mol. The number of thioether (sulfide) groups is 1. The molecule has 4 rings (SSSR count). The number of hydrogen-bond acceptors (Lipinski definition) is 9. The number of nitrogens with zero attached hydrogens (tertiary/aromatic N) is 5. The van der Waals surface area contributed by atoms with Gasteiger partial charge in [0.15, 0.2) is 11.5 Å². The van der Waals surface area contributed by atoms with E-state index in [4.69, 9.17) is 19.2 Å². The molecule has 0 aliphatic carbocycles. The zero-order valence-electron chi connectivity index (χ0n) is 17.3. The van der Waals surface area contributed by atoms with Gasteiger partial charge in [-0.15, -0.1) is 16.4 Å². The molecule has 31 heavy (non-hydrogen) atoms. The number of hydrogen-bond donors (Lipinski definition) is 0. The van der Waals surface area contributed by atoms with Gasteiger partial charge < -0.3 is 14.2 Å². The molecule has 160 valence electrons. The zero-order chi connectivity index (χ0) is 21.6. The molecular weight excluding hydrogens is 434 g/mol. The highest BCUT2D eigenvalue weighted by atomic mass is 32.2. The van der Waals surface area contributed by atoms with Crippen LogP contribution in [0.3, 0.4) is 0 Å². The van der Waals surface area contributed by atoms with Gasteiger partial charge in [-0.3, -0.25) is 0 Å². The average Bonchev–Trinajstić information content (AvgIpc) is 3.47. The third kappa shape index (κ3) is 4.97.